The van der Waals surface area contributed by atoms with Crippen LogP contribution in [-0.2, 0) is 5.41 Å². The summed E-state index contributed by atoms with van der Waals surface area (Å²) in [4.78, 5) is 15.8. The highest BCUT2D eigenvalue weighted by Crippen LogP contribution is 2.58. The molecule has 2 aromatic heterocycles. The van der Waals surface area contributed by atoms with Crippen molar-refractivity contribution >= 4 is 21.7 Å². The minimum Gasteiger partial charge on any atom is -0.247 e. The Kier molecular flexibility index (Phi) is 8.72. The van der Waals surface area contributed by atoms with E-state index in [1.807, 2.05) is 12.1 Å². The first kappa shape index (κ1) is 36.6. The molecule has 0 amide bonds. The van der Waals surface area contributed by atoms with Crippen LogP contribution in [0.5, 0.6) is 0 Å². The molecule has 294 valence electrons. The number of benzene rings is 9. The maximum absolute atomic E-state index is 5.42. The summed E-state index contributed by atoms with van der Waals surface area (Å²) in [6.07, 6.45) is 0. The van der Waals surface area contributed by atoms with E-state index < -0.39 is 5.41 Å². The number of fused-ring (bicyclic) bond motifs is 7. The largest absolute Gasteiger partial charge is 0.247 e. The van der Waals surface area contributed by atoms with Crippen molar-refractivity contribution in [3.8, 4) is 67.4 Å². The van der Waals surface area contributed by atoms with E-state index in [1.54, 1.807) is 0 Å². The summed E-state index contributed by atoms with van der Waals surface area (Å²) < 4.78 is 0. The number of aromatic nitrogens is 3. The van der Waals surface area contributed by atoms with Crippen LogP contribution < -0.4 is 0 Å². The van der Waals surface area contributed by atoms with Gasteiger partial charge in [0.2, 0.25) is 0 Å². The average Bonchev–Trinajstić information content (AvgIpc) is 3.68. The molecule has 63 heavy (non-hydrogen) atoms. The zero-order valence-corrected chi connectivity index (χ0v) is 34.4. The zero-order valence-electron chi connectivity index (χ0n) is 34.4. The fourth-order valence-corrected chi connectivity index (χ4v) is 9.92. The van der Waals surface area contributed by atoms with Gasteiger partial charge in [-0.25, -0.2) is 15.0 Å². The lowest BCUT2D eigenvalue weighted by atomic mass is 9.67. The summed E-state index contributed by atoms with van der Waals surface area (Å²) in [5.74, 6) is 0.675. The van der Waals surface area contributed by atoms with Crippen molar-refractivity contribution in [2.75, 3.05) is 0 Å². The molecule has 3 nitrogen and oxygen atoms in total. The third-order valence-corrected chi connectivity index (χ3v) is 12.8. The van der Waals surface area contributed by atoms with Gasteiger partial charge in [0.05, 0.1) is 28.0 Å². The zero-order chi connectivity index (χ0) is 41.7. The van der Waals surface area contributed by atoms with Gasteiger partial charge in [-0.05, 0) is 56.6 Å². The minimum absolute atomic E-state index is 0.494. The van der Waals surface area contributed by atoms with Gasteiger partial charge in [0.25, 0.3) is 0 Å². The first-order valence-electron chi connectivity index (χ1n) is 21.5. The highest BCUT2D eigenvalue weighted by atomic mass is 14.9. The van der Waals surface area contributed by atoms with Gasteiger partial charge in [0.15, 0.2) is 5.82 Å². The van der Waals surface area contributed by atoms with Crippen molar-refractivity contribution in [1.82, 2.24) is 15.0 Å². The first-order chi connectivity index (χ1) is 31.2. The van der Waals surface area contributed by atoms with Gasteiger partial charge in [-0.3, -0.25) is 0 Å². The summed E-state index contributed by atoms with van der Waals surface area (Å²) in [6.45, 7) is 0. The Balaban J connectivity index is 1.02. The molecule has 0 unspecified atom stereocenters. The molecule has 0 N–H and O–H groups in total. The van der Waals surface area contributed by atoms with Crippen LogP contribution in [0, 0.1) is 0 Å². The van der Waals surface area contributed by atoms with Crippen molar-refractivity contribution in [1.29, 1.82) is 0 Å². The monoisotopic (exact) mass is 801 g/mol. The second kappa shape index (κ2) is 15.0. The molecule has 0 spiro atoms. The Labute approximate surface area is 366 Å². The smallest absolute Gasteiger partial charge is 0.160 e. The number of para-hydroxylation sites is 1. The van der Waals surface area contributed by atoms with Crippen LogP contribution in [0.25, 0.3) is 89.1 Å². The van der Waals surface area contributed by atoms with Crippen molar-refractivity contribution in [3.63, 3.8) is 0 Å². The molecule has 1 aliphatic carbocycles. The van der Waals surface area contributed by atoms with Crippen molar-refractivity contribution in [2.45, 2.75) is 5.41 Å². The second-order valence-corrected chi connectivity index (χ2v) is 16.3. The average molecular weight is 802 g/mol. The lowest BCUT2D eigenvalue weighted by Gasteiger charge is -2.34. The third kappa shape index (κ3) is 6.01. The van der Waals surface area contributed by atoms with Crippen molar-refractivity contribution < 1.29 is 0 Å². The van der Waals surface area contributed by atoms with E-state index in [1.165, 1.54) is 49.9 Å². The minimum atomic E-state index is -0.494. The molecule has 0 aliphatic heterocycles. The van der Waals surface area contributed by atoms with Crippen molar-refractivity contribution in [3.05, 3.63) is 259 Å². The van der Waals surface area contributed by atoms with Crippen LogP contribution in [0.1, 0.15) is 22.3 Å². The Morgan fingerprint density at radius 2 is 0.810 bits per heavy atom. The quantitative estimate of drug-likeness (QED) is 0.151. The predicted octanol–water partition coefficient (Wildman–Crippen LogP) is 14.9. The summed E-state index contributed by atoms with van der Waals surface area (Å²) in [6, 6.07) is 84.5. The first-order valence-corrected chi connectivity index (χ1v) is 21.5. The summed E-state index contributed by atoms with van der Waals surface area (Å²) >= 11 is 0. The van der Waals surface area contributed by atoms with E-state index in [0.29, 0.717) is 5.82 Å². The van der Waals surface area contributed by atoms with Gasteiger partial charge in [0.1, 0.15) is 0 Å². The summed E-state index contributed by atoms with van der Waals surface area (Å²) in [7, 11) is 0. The number of hydrogen-bond donors (Lipinski definition) is 0. The van der Waals surface area contributed by atoms with Crippen LogP contribution >= 0.6 is 0 Å². The lowest BCUT2D eigenvalue weighted by Crippen LogP contribution is -2.28. The van der Waals surface area contributed by atoms with Crippen LogP contribution in [-0.4, -0.2) is 15.0 Å². The Bertz CT molecular complexity index is 3420. The Morgan fingerprint density at radius 1 is 0.317 bits per heavy atom. The topological polar surface area (TPSA) is 38.7 Å². The van der Waals surface area contributed by atoms with Crippen LogP contribution in [0.4, 0.5) is 0 Å². The maximum atomic E-state index is 5.42. The molecule has 1 aliphatic rings. The van der Waals surface area contributed by atoms with Crippen LogP contribution in [0.3, 0.4) is 0 Å². The fraction of sp³-hybridized carbons (Fsp3) is 0.0167. The molecule has 0 bridgehead atoms. The van der Waals surface area contributed by atoms with E-state index in [9.17, 15) is 0 Å². The van der Waals surface area contributed by atoms with Gasteiger partial charge >= 0.3 is 0 Å². The number of hydrogen-bond acceptors (Lipinski definition) is 3. The highest BCUT2D eigenvalue weighted by Gasteiger charge is 2.46. The van der Waals surface area contributed by atoms with Crippen LogP contribution in [0.15, 0.2) is 237 Å². The standard InChI is InChI=1S/C60H39N3/c1-5-17-40(18-6-1)41-29-31-43(32-30-41)55-39-54(42-19-7-2-8-20-42)62-59(63-55)45-35-33-44(34-36-45)58-50-37-38-52-57(56(50)49-26-14-16-28-53(49)61-58)48-25-13-15-27-51(48)60(52,46-21-9-3-10-22-46)47-23-11-4-12-24-47/h1-39H. The second-order valence-electron chi connectivity index (χ2n) is 16.3. The highest BCUT2D eigenvalue weighted by molar-refractivity contribution is 6.19. The van der Waals surface area contributed by atoms with Gasteiger partial charge in [-0.1, -0.05) is 224 Å². The van der Waals surface area contributed by atoms with Crippen molar-refractivity contribution in [2.24, 2.45) is 0 Å². The normalized spacial score (nSPS) is 12.6. The SMILES string of the molecule is c1ccc(-c2ccc(-c3cc(-c4ccccc4)nc(-c4ccc(-c5nc6ccccc6c6c7c(ccc56)C(c5ccccc5)(c5ccccc5)c5ccccc5-7)cc4)n3)cc2)cc1. The number of rotatable bonds is 7. The molecule has 12 rings (SSSR count). The fourth-order valence-electron chi connectivity index (χ4n) is 9.92. The molecule has 0 radical (unpaired) electrons. The van der Waals surface area contributed by atoms with E-state index >= 15 is 0 Å². The van der Waals surface area contributed by atoms with Gasteiger partial charge < -0.3 is 0 Å². The molecule has 0 saturated heterocycles. The molecular weight excluding hydrogens is 763 g/mol. The number of nitrogens with zero attached hydrogens (tertiary/aromatic N) is 3. The van der Waals surface area contributed by atoms with Gasteiger partial charge in [-0.15, -0.1) is 0 Å². The molecule has 9 aromatic carbocycles. The van der Waals surface area contributed by atoms with E-state index in [2.05, 4.69) is 224 Å². The Hall–Kier alpha value is -8.27. The van der Waals surface area contributed by atoms with Crippen LogP contribution in [0.2, 0.25) is 0 Å². The summed E-state index contributed by atoms with van der Waals surface area (Å²) in [5.41, 5.74) is 17.2. The summed E-state index contributed by atoms with van der Waals surface area (Å²) in [5, 5.41) is 3.49. The predicted molar refractivity (Wildman–Crippen MR) is 259 cm³/mol. The number of pyridine rings is 1. The molecule has 11 aromatic rings. The molecule has 0 atom stereocenters. The van der Waals surface area contributed by atoms with Gasteiger partial charge in [-0.2, -0.15) is 0 Å². The van der Waals surface area contributed by atoms with E-state index in [-0.39, 0.29) is 0 Å². The lowest BCUT2D eigenvalue weighted by molar-refractivity contribution is 0.769. The van der Waals surface area contributed by atoms with E-state index in [0.717, 1.165) is 55.6 Å². The van der Waals surface area contributed by atoms with E-state index in [4.69, 9.17) is 15.0 Å². The maximum Gasteiger partial charge on any atom is 0.160 e. The Morgan fingerprint density at radius 3 is 1.48 bits per heavy atom. The third-order valence-electron chi connectivity index (χ3n) is 12.8. The molecule has 0 fully saturated rings. The molecule has 0 saturated carbocycles. The van der Waals surface area contributed by atoms with Gasteiger partial charge in [0, 0.05) is 38.4 Å². The molecule has 2 heterocycles. The molecular formula is C60H39N3. The molecule has 3 heteroatoms.